The van der Waals surface area contributed by atoms with Crippen molar-refractivity contribution in [2.75, 3.05) is 13.1 Å². The first-order valence-electron chi connectivity index (χ1n) is 10.8. The Kier molecular flexibility index (Phi) is 6.26. The smallest absolute Gasteiger partial charge is 0.406 e. The van der Waals surface area contributed by atoms with E-state index < -0.39 is 16.4 Å². The number of sulfonamides is 1. The number of ether oxygens (including phenoxy) is 1. The van der Waals surface area contributed by atoms with Gasteiger partial charge in [0.05, 0.1) is 4.90 Å². The number of hydrogen-bond donors (Lipinski definition) is 0. The predicted octanol–water partition coefficient (Wildman–Crippen LogP) is 4.36. The van der Waals surface area contributed by atoms with Crippen LogP contribution in [0.1, 0.15) is 37.0 Å². The van der Waals surface area contributed by atoms with Crippen molar-refractivity contribution in [3.8, 4) is 5.75 Å². The van der Waals surface area contributed by atoms with Crippen molar-refractivity contribution in [1.29, 1.82) is 0 Å². The van der Waals surface area contributed by atoms with Crippen molar-refractivity contribution in [2.24, 2.45) is 0 Å². The van der Waals surface area contributed by atoms with Gasteiger partial charge in [-0.3, -0.25) is 4.90 Å². The molecule has 0 amide bonds. The molecule has 1 fully saturated rings. The van der Waals surface area contributed by atoms with Gasteiger partial charge >= 0.3 is 6.36 Å². The van der Waals surface area contributed by atoms with Gasteiger partial charge in [-0.25, -0.2) is 8.42 Å². The second-order valence-corrected chi connectivity index (χ2v) is 10.5. The van der Waals surface area contributed by atoms with Gasteiger partial charge in [0.1, 0.15) is 5.75 Å². The van der Waals surface area contributed by atoms with Gasteiger partial charge in [-0.05, 0) is 68.0 Å². The second-order valence-electron chi connectivity index (χ2n) is 8.67. The molecule has 2 aliphatic rings. The zero-order valence-corrected chi connectivity index (χ0v) is 18.9. The molecule has 174 valence electrons. The zero-order valence-electron chi connectivity index (χ0n) is 18.1. The fraction of sp³-hybridized carbons (Fsp3) is 0.478. The lowest BCUT2D eigenvalue weighted by Gasteiger charge is -2.43. The van der Waals surface area contributed by atoms with Crippen LogP contribution in [-0.4, -0.2) is 49.2 Å². The topological polar surface area (TPSA) is 49.9 Å². The molecule has 2 aromatic rings. The van der Waals surface area contributed by atoms with E-state index in [1.54, 1.807) is 22.5 Å². The maximum Gasteiger partial charge on any atom is 0.573 e. The highest BCUT2D eigenvalue weighted by molar-refractivity contribution is 7.89. The van der Waals surface area contributed by atoms with E-state index in [0.717, 1.165) is 36.0 Å². The third-order valence-electron chi connectivity index (χ3n) is 6.14. The number of alkyl halides is 3. The predicted molar refractivity (Wildman–Crippen MR) is 115 cm³/mol. The largest absolute Gasteiger partial charge is 0.573 e. The van der Waals surface area contributed by atoms with Crippen molar-refractivity contribution in [3.63, 3.8) is 0 Å². The van der Waals surface area contributed by atoms with Crippen LogP contribution < -0.4 is 4.74 Å². The summed E-state index contributed by atoms with van der Waals surface area (Å²) in [6.45, 7) is 5.42. The van der Waals surface area contributed by atoms with Gasteiger partial charge in [0.15, 0.2) is 0 Å². The van der Waals surface area contributed by atoms with E-state index in [4.69, 9.17) is 0 Å². The molecule has 9 heteroatoms. The Labute approximate surface area is 186 Å². The van der Waals surface area contributed by atoms with Crippen LogP contribution >= 0.6 is 0 Å². The van der Waals surface area contributed by atoms with Crippen molar-refractivity contribution in [2.45, 2.75) is 63.0 Å². The second kappa shape index (κ2) is 8.68. The minimum atomic E-state index is -4.72. The molecule has 1 saturated heterocycles. The molecule has 1 aliphatic heterocycles. The molecule has 1 heterocycles. The van der Waals surface area contributed by atoms with E-state index in [1.807, 2.05) is 26.0 Å². The van der Waals surface area contributed by atoms with E-state index in [1.165, 1.54) is 12.1 Å². The van der Waals surface area contributed by atoms with Crippen LogP contribution in [-0.2, 0) is 29.4 Å². The monoisotopic (exact) mass is 468 g/mol. The SMILES string of the molecule is C[C@@H]1CN(Cc2ccc(OC(F)(F)F)cc2)C[C@H](C)N1S(=O)(=O)c1cccc2c1CCC2. The van der Waals surface area contributed by atoms with E-state index in [9.17, 15) is 21.6 Å². The van der Waals surface area contributed by atoms with Crippen LogP contribution in [0.25, 0.3) is 0 Å². The van der Waals surface area contributed by atoms with Crippen LogP contribution in [0.3, 0.4) is 0 Å². The first-order chi connectivity index (χ1) is 15.0. The fourth-order valence-electron chi connectivity index (χ4n) is 5.01. The molecule has 0 bridgehead atoms. The number of rotatable bonds is 5. The lowest BCUT2D eigenvalue weighted by Crippen LogP contribution is -2.58. The lowest BCUT2D eigenvalue weighted by molar-refractivity contribution is -0.274. The first-order valence-corrected chi connectivity index (χ1v) is 12.2. The highest BCUT2D eigenvalue weighted by atomic mass is 32.2. The van der Waals surface area contributed by atoms with Gasteiger partial charge in [0.25, 0.3) is 0 Å². The molecule has 4 rings (SSSR count). The molecular formula is C23H27F3N2O3S. The molecule has 0 radical (unpaired) electrons. The van der Waals surface area contributed by atoms with Crippen molar-refractivity contribution in [3.05, 3.63) is 59.2 Å². The maximum absolute atomic E-state index is 13.6. The average molecular weight is 469 g/mol. The highest BCUT2D eigenvalue weighted by Crippen LogP contribution is 2.33. The number of nitrogens with zero attached hydrogens (tertiary/aromatic N) is 2. The van der Waals surface area contributed by atoms with Gasteiger partial charge in [-0.15, -0.1) is 13.2 Å². The summed E-state index contributed by atoms with van der Waals surface area (Å²) in [5, 5.41) is 0. The quantitative estimate of drug-likeness (QED) is 0.655. The Morgan fingerprint density at radius 1 is 1.00 bits per heavy atom. The highest BCUT2D eigenvalue weighted by Gasteiger charge is 2.40. The molecule has 0 unspecified atom stereocenters. The van der Waals surface area contributed by atoms with E-state index in [0.29, 0.717) is 24.5 Å². The van der Waals surface area contributed by atoms with Crippen LogP contribution in [0.15, 0.2) is 47.4 Å². The van der Waals surface area contributed by atoms with E-state index in [2.05, 4.69) is 9.64 Å². The standard InChI is InChI=1S/C23H27F3N2O3S/c1-16-13-27(15-18-9-11-20(12-10-18)31-23(24,25)26)14-17(2)28(16)32(29,30)22-8-4-6-19-5-3-7-21(19)22/h4,6,8-12,16-17H,3,5,7,13-15H2,1-2H3/t16-,17+. The number of fused-ring (bicyclic) bond motifs is 1. The van der Waals surface area contributed by atoms with Crippen molar-refractivity contribution in [1.82, 2.24) is 9.21 Å². The molecule has 2 aromatic carbocycles. The van der Waals surface area contributed by atoms with Crippen LogP contribution in [0.5, 0.6) is 5.75 Å². The van der Waals surface area contributed by atoms with Crippen molar-refractivity contribution < 1.29 is 26.3 Å². The number of halogens is 3. The number of hydrogen-bond acceptors (Lipinski definition) is 4. The van der Waals surface area contributed by atoms with Gasteiger partial charge in [0.2, 0.25) is 10.0 Å². The van der Waals surface area contributed by atoms with Crippen molar-refractivity contribution >= 4 is 10.0 Å². The molecule has 5 nitrogen and oxygen atoms in total. The lowest BCUT2D eigenvalue weighted by atomic mass is 10.1. The Bertz CT molecular complexity index is 1060. The van der Waals surface area contributed by atoms with Gasteiger partial charge in [-0.2, -0.15) is 4.31 Å². The van der Waals surface area contributed by atoms with Gasteiger partial charge < -0.3 is 4.74 Å². The summed E-state index contributed by atoms with van der Waals surface area (Å²) in [5.41, 5.74) is 2.93. The van der Waals surface area contributed by atoms with E-state index >= 15 is 0 Å². The summed E-state index contributed by atoms with van der Waals surface area (Å²) < 4.78 is 69.7. The third kappa shape index (κ3) is 4.79. The minimum Gasteiger partial charge on any atom is -0.406 e. The fourth-order valence-corrected chi connectivity index (χ4v) is 7.12. The molecule has 2 atom stereocenters. The Balaban J connectivity index is 1.46. The summed E-state index contributed by atoms with van der Waals surface area (Å²) in [7, 11) is -3.62. The molecule has 0 spiro atoms. The van der Waals surface area contributed by atoms with Crippen LogP contribution in [0.2, 0.25) is 0 Å². The van der Waals surface area contributed by atoms with Crippen LogP contribution in [0, 0.1) is 0 Å². The molecule has 1 aliphatic carbocycles. The van der Waals surface area contributed by atoms with E-state index in [-0.39, 0.29) is 17.8 Å². The summed E-state index contributed by atoms with van der Waals surface area (Å²) in [6, 6.07) is 10.9. The number of benzene rings is 2. The first kappa shape index (κ1) is 23.1. The molecule has 0 aromatic heterocycles. The minimum absolute atomic E-state index is 0.228. The summed E-state index contributed by atoms with van der Waals surface area (Å²) in [4.78, 5) is 2.57. The Morgan fingerprint density at radius 2 is 1.66 bits per heavy atom. The van der Waals surface area contributed by atoms with Gasteiger partial charge in [0, 0.05) is 31.7 Å². The molecule has 0 N–H and O–H groups in total. The van der Waals surface area contributed by atoms with Gasteiger partial charge in [-0.1, -0.05) is 24.3 Å². The maximum atomic E-state index is 13.6. The molecular weight excluding hydrogens is 441 g/mol. The summed E-state index contributed by atoms with van der Waals surface area (Å²) in [6.07, 6.45) is -2.02. The summed E-state index contributed by atoms with van der Waals surface area (Å²) in [5.74, 6) is -0.255. The average Bonchev–Trinajstić information content (AvgIpc) is 3.16. The Morgan fingerprint density at radius 3 is 2.28 bits per heavy atom. The van der Waals surface area contributed by atoms with Crippen LogP contribution in [0.4, 0.5) is 13.2 Å². The number of aryl methyl sites for hydroxylation is 1. The number of piperazine rings is 1. The molecule has 0 saturated carbocycles. The Hall–Kier alpha value is -2.10. The molecule has 32 heavy (non-hydrogen) atoms. The third-order valence-corrected chi connectivity index (χ3v) is 8.35. The summed E-state index contributed by atoms with van der Waals surface area (Å²) >= 11 is 0. The normalized spacial score (nSPS) is 22.7. The zero-order chi connectivity index (χ0) is 23.1.